The van der Waals surface area contributed by atoms with Gasteiger partial charge in [-0.15, -0.1) is 0 Å². The van der Waals surface area contributed by atoms with Crippen LogP contribution in [0, 0.1) is 6.07 Å². The van der Waals surface area contributed by atoms with E-state index in [1.54, 1.807) is 6.92 Å². The van der Waals surface area contributed by atoms with Gasteiger partial charge in [-0.05, 0) is 12.5 Å². The minimum absolute atomic E-state index is 0.116. The summed E-state index contributed by atoms with van der Waals surface area (Å²) in [7, 11) is 8.65. The molecule has 44 heavy (non-hydrogen) atoms. The van der Waals surface area contributed by atoms with Crippen LogP contribution in [0.4, 0.5) is 11.4 Å². The third-order valence-electron chi connectivity index (χ3n) is 7.90. The molecule has 1 heterocycles. The standard InChI is InChI=1S/C25H37B2N4.C10H14O2.Pt/c1-24(2,3)20-11-15-22(16-12-20)30-19-31(27(29(9)10)26(30)28(7)8)23-17-13-21(14-18-23)25(4,5)6;1-8(11)7-10(12)9-5-3-2-4-6-9;/h11-17H,1-10H3;2-6,8,10-12H,7H2,1H3;/q-1;;. The first-order valence-corrected chi connectivity index (χ1v) is 16.5. The summed E-state index contributed by atoms with van der Waals surface area (Å²) in [5.41, 5.74) is 6.08. The van der Waals surface area contributed by atoms with E-state index in [0.717, 1.165) is 11.3 Å². The summed E-state index contributed by atoms with van der Waals surface area (Å²) < 4.78 is 1.19. The molecular formula is C35H51B2N4O2Pt-. The molecule has 3 aromatic rings. The Morgan fingerprint density at radius 2 is 1.25 bits per heavy atom. The van der Waals surface area contributed by atoms with Gasteiger partial charge >= 0.3 is 208 Å². The Bertz CT molecular complexity index is 1260. The van der Waals surface area contributed by atoms with E-state index in [-0.39, 0.29) is 24.6 Å². The Balaban J connectivity index is 0.000000369. The number of hydrogen-bond acceptors (Lipinski definition) is 6. The van der Waals surface area contributed by atoms with E-state index in [0.29, 0.717) is 6.42 Å². The molecule has 1 aliphatic heterocycles. The Labute approximate surface area is 278 Å². The molecular weight excluding hydrogens is 725 g/mol. The summed E-state index contributed by atoms with van der Waals surface area (Å²) in [6, 6.07) is 28.6. The predicted molar refractivity (Wildman–Crippen MR) is 186 cm³/mol. The number of anilines is 2. The van der Waals surface area contributed by atoms with Crippen molar-refractivity contribution in [2.75, 3.05) is 37.8 Å². The molecule has 240 valence electrons. The van der Waals surface area contributed by atoms with Gasteiger partial charge in [0.25, 0.3) is 0 Å². The molecule has 2 unspecified atom stereocenters. The van der Waals surface area contributed by atoms with Gasteiger partial charge in [-0.25, -0.2) is 0 Å². The van der Waals surface area contributed by atoms with Crippen molar-refractivity contribution in [3.8, 4) is 0 Å². The van der Waals surface area contributed by atoms with Gasteiger partial charge in [-0.2, -0.15) is 0 Å². The van der Waals surface area contributed by atoms with Crippen LogP contribution >= 0.6 is 0 Å². The van der Waals surface area contributed by atoms with E-state index in [2.05, 4.69) is 157 Å². The van der Waals surface area contributed by atoms with Crippen LogP contribution in [-0.2, 0) is 30.2 Å². The van der Waals surface area contributed by atoms with Gasteiger partial charge in [-0.1, -0.05) is 30.3 Å². The summed E-state index contributed by atoms with van der Waals surface area (Å²) in [5, 5.41) is 18.6. The maximum atomic E-state index is 9.53. The minimum atomic E-state index is -0.550. The first kappa shape index (κ1) is 36.3. The van der Waals surface area contributed by atoms with Crippen molar-refractivity contribution in [1.82, 2.24) is 9.62 Å². The zero-order valence-electron chi connectivity index (χ0n) is 28.4. The van der Waals surface area contributed by atoms with Crippen molar-refractivity contribution >= 4 is 29.3 Å². The second kappa shape index (κ2) is 14.9. The van der Waals surface area contributed by atoms with Crippen LogP contribution in [-0.4, -0.2) is 72.0 Å². The van der Waals surface area contributed by atoms with E-state index in [1.165, 1.54) is 21.0 Å². The maximum absolute atomic E-state index is 9.53. The van der Waals surface area contributed by atoms with E-state index in [4.69, 9.17) is 5.11 Å². The number of rotatable bonds is 7. The monoisotopic (exact) mass is 776 g/mol. The van der Waals surface area contributed by atoms with Crippen LogP contribution in [0.5, 0.6) is 0 Å². The van der Waals surface area contributed by atoms with Crippen molar-refractivity contribution < 1.29 is 29.6 Å². The number of hydrogen-bond donors (Lipinski definition) is 2. The third-order valence-corrected chi connectivity index (χ3v) is 9.00. The molecule has 0 radical (unpaired) electrons. The Morgan fingerprint density at radius 3 is 1.68 bits per heavy atom. The fourth-order valence-electron chi connectivity index (χ4n) is 5.36. The fraction of sp³-hybridized carbons (Fsp3) is 0.457. The molecule has 0 amide bonds. The Kier molecular flexibility index (Phi) is 12.3. The molecule has 0 spiro atoms. The van der Waals surface area contributed by atoms with Crippen molar-refractivity contribution in [3.05, 3.63) is 95.6 Å². The quantitative estimate of drug-likeness (QED) is 0.237. The topological polar surface area (TPSA) is 53.4 Å². The molecule has 6 nitrogen and oxygen atoms in total. The summed E-state index contributed by atoms with van der Waals surface area (Å²) >= 11 is 2.48. The number of aliphatic hydroxyl groups is 2. The molecule has 0 aliphatic carbocycles. The Morgan fingerprint density at radius 1 is 0.750 bits per heavy atom. The van der Waals surface area contributed by atoms with E-state index >= 15 is 0 Å². The van der Waals surface area contributed by atoms with Gasteiger partial charge in [0.1, 0.15) is 0 Å². The number of aliphatic hydroxyl groups excluding tert-OH is 2. The average Bonchev–Trinajstić information content (AvgIpc) is 3.26. The van der Waals surface area contributed by atoms with Gasteiger partial charge in [0.05, 0.1) is 12.2 Å². The molecule has 1 aliphatic rings. The SMILES string of the molecule is CC(O)CC(O)c1ccccc1.CN(C)B1B(N(C)C)N(c2ccc(C(C)(C)C)cc2)[C](=[Pt])N1c1[c-]cc(C(C)(C)C)cc1. The molecule has 0 bridgehead atoms. The third kappa shape index (κ3) is 8.95. The van der Waals surface area contributed by atoms with Crippen LogP contribution in [0.1, 0.15) is 77.7 Å². The fourth-order valence-corrected chi connectivity index (χ4v) is 6.52. The van der Waals surface area contributed by atoms with Crippen LogP contribution in [0.25, 0.3) is 0 Å². The summed E-state index contributed by atoms with van der Waals surface area (Å²) in [5.74, 6) is 0. The second-order valence-electron chi connectivity index (χ2n) is 14.3. The molecule has 2 N–H and O–H groups in total. The molecule has 4 rings (SSSR count). The van der Waals surface area contributed by atoms with Gasteiger partial charge in [0.2, 0.25) is 0 Å². The van der Waals surface area contributed by atoms with Gasteiger partial charge in [0.15, 0.2) is 0 Å². The van der Waals surface area contributed by atoms with Gasteiger partial charge in [0, 0.05) is 6.42 Å². The van der Waals surface area contributed by atoms with Crippen molar-refractivity contribution in [2.45, 2.75) is 77.9 Å². The first-order valence-electron chi connectivity index (χ1n) is 15.4. The molecule has 0 saturated carbocycles. The molecule has 0 aromatic heterocycles. The van der Waals surface area contributed by atoms with E-state index in [1.807, 2.05) is 30.3 Å². The van der Waals surface area contributed by atoms with Gasteiger partial charge < -0.3 is 10.2 Å². The zero-order valence-corrected chi connectivity index (χ0v) is 30.7. The molecule has 9 heteroatoms. The average molecular weight is 777 g/mol. The molecule has 1 saturated heterocycles. The normalized spacial score (nSPS) is 15.6. The number of nitrogens with zero attached hydrogens (tertiary/aromatic N) is 4. The summed E-state index contributed by atoms with van der Waals surface area (Å²) in [4.78, 5) is 9.48. The molecule has 1 fully saturated rings. The van der Waals surface area contributed by atoms with Crippen molar-refractivity contribution in [2.24, 2.45) is 0 Å². The van der Waals surface area contributed by atoms with Crippen LogP contribution < -0.4 is 9.62 Å². The van der Waals surface area contributed by atoms with Crippen LogP contribution in [0.3, 0.4) is 0 Å². The molecule has 3 aromatic carbocycles. The van der Waals surface area contributed by atoms with E-state index < -0.39 is 12.2 Å². The van der Waals surface area contributed by atoms with E-state index in [9.17, 15) is 5.11 Å². The van der Waals surface area contributed by atoms with Crippen LogP contribution in [0.2, 0.25) is 0 Å². The second-order valence-corrected chi connectivity index (χ2v) is 15.3. The number of benzene rings is 3. The molecule has 2 atom stereocenters. The van der Waals surface area contributed by atoms with Gasteiger partial charge in [-0.3, -0.25) is 0 Å². The predicted octanol–water partition coefficient (Wildman–Crippen LogP) is 5.71. The zero-order chi connectivity index (χ0) is 33.0. The van der Waals surface area contributed by atoms with Crippen molar-refractivity contribution in [3.63, 3.8) is 0 Å². The first-order chi connectivity index (χ1) is 20.4. The Hall–Kier alpha value is -2.21. The van der Waals surface area contributed by atoms with Crippen molar-refractivity contribution in [1.29, 1.82) is 0 Å². The van der Waals surface area contributed by atoms with Crippen LogP contribution in [0.15, 0.2) is 72.8 Å². The summed E-state index contributed by atoms with van der Waals surface area (Å²) in [6.07, 6.45) is -0.615. The summed E-state index contributed by atoms with van der Waals surface area (Å²) in [6.45, 7) is 15.5.